The zero-order valence-electron chi connectivity index (χ0n) is 8.91. The van der Waals surface area contributed by atoms with Crippen LogP contribution in [0.4, 0.5) is 8.78 Å². The van der Waals surface area contributed by atoms with Crippen molar-refractivity contribution in [2.24, 2.45) is 0 Å². The van der Waals surface area contributed by atoms with Gasteiger partial charge in [-0.3, -0.25) is 0 Å². The van der Waals surface area contributed by atoms with Crippen LogP contribution in [0.1, 0.15) is 29.3 Å². The number of carbonyl (C=O) groups is 1. The van der Waals surface area contributed by atoms with Gasteiger partial charge in [-0.15, -0.1) is 0 Å². The summed E-state index contributed by atoms with van der Waals surface area (Å²) in [5, 5.41) is 0. The highest BCUT2D eigenvalue weighted by Gasteiger charge is 2.16. The summed E-state index contributed by atoms with van der Waals surface area (Å²) < 4.78 is 38.1. The zero-order valence-corrected chi connectivity index (χ0v) is 8.91. The molecular weight excluding hydrogens is 222 g/mol. The second-order valence-electron chi connectivity index (χ2n) is 3.06. The van der Waals surface area contributed by atoms with Gasteiger partial charge in [-0.2, -0.15) is 0 Å². The lowest BCUT2D eigenvalue weighted by atomic mass is 10.3. The van der Waals surface area contributed by atoms with E-state index < -0.39 is 25.1 Å². The number of esters is 1. The van der Waals surface area contributed by atoms with Crippen molar-refractivity contribution in [3.63, 3.8) is 0 Å². The first-order valence-electron chi connectivity index (χ1n) is 4.62. The molecule has 16 heavy (non-hydrogen) atoms. The Morgan fingerprint density at radius 3 is 2.75 bits per heavy atom. The molecule has 1 aromatic heterocycles. The predicted molar refractivity (Wildman–Crippen MR) is 50.4 cm³/mol. The van der Waals surface area contributed by atoms with Gasteiger partial charge in [0.05, 0.1) is 7.11 Å². The summed E-state index contributed by atoms with van der Waals surface area (Å²) in [4.78, 5) is 11.0. The number of alkyl halides is 2. The van der Waals surface area contributed by atoms with Crippen LogP contribution in [0.5, 0.6) is 0 Å². The van der Waals surface area contributed by atoms with Crippen molar-refractivity contribution in [3.8, 4) is 0 Å². The van der Waals surface area contributed by atoms with Gasteiger partial charge < -0.3 is 13.9 Å². The Bertz CT molecular complexity index is 348. The molecule has 1 heterocycles. The molecule has 0 spiro atoms. The average molecular weight is 234 g/mol. The van der Waals surface area contributed by atoms with E-state index in [-0.39, 0.29) is 5.76 Å². The average Bonchev–Trinajstić information content (AvgIpc) is 2.74. The fourth-order valence-electron chi connectivity index (χ4n) is 1.08. The summed E-state index contributed by atoms with van der Waals surface area (Å²) in [6.07, 6.45) is -3.16. The summed E-state index contributed by atoms with van der Waals surface area (Å²) in [5.74, 6) is -0.293. The van der Waals surface area contributed by atoms with Crippen LogP contribution in [0.25, 0.3) is 0 Å². The van der Waals surface area contributed by atoms with Crippen molar-refractivity contribution in [2.75, 3.05) is 13.7 Å². The maximum atomic E-state index is 11.9. The predicted octanol–water partition coefficient (Wildman–Crippen LogP) is 2.41. The Labute approximate surface area is 91.1 Å². The van der Waals surface area contributed by atoms with E-state index in [0.29, 0.717) is 5.76 Å². The molecule has 0 saturated heterocycles. The lowest BCUT2D eigenvalue weighted by Gasteiger charge is -2.09. The van der Waals surface area contributed by atoms with Crippen LogP contribution in [-0.2, 0) is 9.47 Å². The third-order valence-corrected chi connectivity index (χ3v) is 1.89. The third-order valence-electron chi connectivity index (χ3n) is 1.89. The van der Waals surface area contributed by atoms with Gasteiger partial charge >= 0.3 is 5.97 Å². The van der Waals surface area contributed by atoms with E-state index in [4.69, 9.17) is 9.15 Å². The van der Waals surface area contributed by atoms with Gasteiger partial charge in [0.2, 0.25) is 5.76 Å². The van der Waals surface area contributed by atoms with Crippen molar-refractivity contribution in [1.29, 1.82) is 0 Å². The maximum absolute atomic E-state index is 11.9. The molecule has 4 nitrogen and oxygen atoms in total. The number of hydrogen-bond donors (Lipinski definition) is 0. The highest BCUT2D eigenvalue weighted by atomic mass is 19.3. The molecule has 6 heteroatoms. The molecule has 1 unspecified atom stereocenters. The van der Waals surface area contributed by atoms with Gasteiger partial charge in [0, 0.05) is 0 Å². The van der Waals surface area contributed by atoms with Crippen LogP contribution < -0.4 is 0 Å². The molecular formula is C10H12F2O4. The summed E-state index contributed by atoms with van der Waals surface area (Å²) in [6.45, 7) is 0.887. The largest absolute Gasteiger partial charge is 0.463 e. The number of rotatable bonds is 5. The first kappa shape index (κ1) is 12.6. The Balaban J connectivity index is 2.59. The van der Waals surface area contributed by atoms with E-state index in [9.17, 15) is 13.6 Å². The minimum Gasteiger partial charge on any atom is -0.463 e. The molecule has 0 amide bonds. The Kier molecular flexibility index (Phi) is 4.42. The van der Waals surface area contributed by atoms with Crippen molar-refractivity contribution >= 4 is 5.97 Å². The van der Waals surface area contributed by atoms with E-state index in [1.54, 1.807) is 6.92 Å². The normalized spacial score (nSPS) is 12.8. The Hall–Kier alpha value is -1.43. The lowest BCUT2D eigenvalue weighted by molar-refractivity contribution is -0.0257. The Morgan fingerprint density at radius 2 is 2.19 bits per heavy atom. The maximum Gasteiger partial charge on any atom is 0.373 e. The number of methoxy groups -OCH3 is 1. The quantitative estimate of drug-likeness (QED) is 0.734. The highest BCUT2D eigenvalue weighted by molar-refractivity contribution is 5.86. The number of hydrogen-bond acceptors (Lipinski definition) is 4. The smallest absolute Gasteiger partial charge is 0.373 e. The van der Waals surface area contributed by atoms with Crippen LogP contribution in [0, 0.1) is 0 Å². The third kappa shape index (κ3) is 3.30. The molecule has 0 fully saturated rings. The van der Waals surface area contributed by atoms with Crippen LogP contribution in [-0.4, -0.2) is 26.1 Å². The first-order valence-corrected chi connectivity index (χ1v) is 4.62. The topological polar surface area (TPSA) is 48.7 Å². The van der Waals surface area contributed by atoms with Gasteiger partial charge in [-0.25, -0.2) is 13.6 Å². The molecule has 1 aromatic rings. The van der Waals surface area contributed by atoms with Crippen molar-refractivity contribution in [1.82, 2.24) is 0 Å². The summed E-state index contributed by atoms with van der Waals surface area (Å²) in [6, 6.07) is 2.89. The van der Waals surface area contributed by atoms with E-state index in [1.807, 2.05) is 0 Å². The first-order chi connectivity index (χ1) is 7.54. The molecule has 0 aliphatic rings. The van der Waals surface area contributed by atoms with Gasteiger partial charge in [-0.1, -0.05) is 0 Å². The molecule has 0 aliphatic carbocycles. The van der Waals surface area contributed by atoms with Crippen molar-refractivity contribution < 1.29 is 27.5 Å². The number of carbonyl (C=O) groups excluding carboxylic acids is 1. The molecule has 0 N–H and O–H groups in total. The van der Waals surface area contributed by atoms with Crippen LogP contribution in [0.15, 0.2) is 16.5 Å². The molecule has 1 rings (SSSR count). The molecule has 0 aromatic carbocycles. The van der Waals surface area contributed by atoms with Gasteiger partial charge in [0.15, 0.2) is 0 Å². The zero-order chi connectivity index (χ0) is 12.1. The van der Waals surface area contributed by atoms with Gasteiger partial charge in [0.1, 0.15) is 18.5 Å². The van der Waals surface area contributed by atoms with Gasteiger partial charge in [-0.05, 0) is 19.1 Å². The highest BCUT2D eigenvalue weighted by Crippen LogP contribution is 2.20. The van der Waals surface area contributed by atoms with Crippen LogP contribution >= 0.6 is 0 Å². The van der Waals surface area contributed by atoms with Crippen LogP contribution in [0.2, 0.25) is 0 Å². The van der Waals surface area contributed by atoms with E-state index in [1.165, 1.54) is 19.2 Å². The second kappa shape index (κ2) is 5.60. The summed E-state index contributed by atoms with van der Waals surface area (Å²) >= 11 is 0. The number of furan rings is 1. The summed E-state index contributed by atoms with van der Waals surface area (Å²) in [7, 11) is 1.22. The van der Waals surface area contributed by atoms with E-state index in [0.717, 1.165) is 0 Å². The van der Waals surface area contributed by atoms with Crippen LogP contribution in [0.3, 0.4) is 0 Å². The fourth-order valence-corrected chi connectivity index (χ4v) is 1.08. The molecule has 1 atom stereocenters. The standard InChI is InChI=1S/C10H12F2O4/c1-6(15-5-9(11)12)7-3-4-8(16-7)10(13)14-2/h3-4,6,9H,5H2,1-2H3. The fraction of sp³-hybridized carbons (Fsp3) is 0.500. The molecule has 90 valence electrons. The second-order valence-corrected chi connectivity index (χ2v) is 3.06. The minimum atomic E-state index is -2.53. The van der Waals surface area contributed by atoms with Crippen molar-refractivity contribution in [2.45, 2.75) is 19.5 Å². The summed E-state index contributed by atoms with van der Waals surface area (Å²) in [5.41, 5.74) is 0. The Morgan fingerprint density at radius 1 is 1.50 bits per heavy atom. The van der Waals surface area contributed by atoms with Crippen molar-refractivity contribution in [3.05, 3.63) is 23.7 Å². The number of ether oxygens (including phenoxy) is 2. The molecule has 0 bridgehead atoms. The van der Waals surface area contributed by atoms with E-state index >= 15 is 0 Å². The lowest BCUT2D eigenvalue weighted by Crippen LogP contribution is -2.07. The molecule has 0 aliphatic heterocycles. The molecule has 0 saturated carbocycles. The number of halogens is 2. The SMILES string of the molecule is COC(=O)c1ccc(C(C)OCC(F)F)o1. The molecule has 0 radical (unpaired) electrons. The van der Waals surface area contributed by atoms with Gasteiger partial charge in [0.25, 0.3) is 6.43 Å². The monoisotopic (exact) mass is 234 g/mol. The van der Waals surface area contributed by atoms with E-state index in [2.05, 4.69) is 4.74 Å². The minimum absolute atomic E-state index is 0.0185.